The zero-order chi connectivity index (χ0) is 18.1. The van der Waals surface area contributed by atoms with Crippen LogP contribution in [0, 0.1) is 5.92 Å². The van der Waals surface area contributed by atoms with Crippen molar-refractivity contribution in [2.24, 2.45) is 5.92 Å². The predicted molar refractivity (Wildman–Crippen MR) is 89.5 cm³/mol. The molecule has 1 aromatic carbocycles. The van der Waals surface area contributed by atoms with Crippen LogP contribution in [0.1, 0.15) is 32.8 Å². The van der Waals surface area contributed by atoms with Gasteiger partial charge in [0.1, 0.15) is 0 Å². The molecule has 1 amide bonds. The summed E-state index contributed by atoms with van der Waals surface area (Å²) in [7, 11) is 3.11. The van der Waals surface area contributed by atoms with Crippen LogP contribution in [0.2, 0.25) is 0 Å². The number of hydrogen-bond acceptors (Lipinski definition) is 4. The van der Waals surface area contributed by atoms with E-state index in [1.165, 1.54) is 0 Å². The van der Waals surface area contributed by atoms with Gasteiger partial charge in [-0.15, -0.1) is 0 Å². The van der Waals surface area contributed by atoms with Crippen LogP contribution >= 0.6 is 0 Å². The van der Waals surface area contributed by atoms with Crippen LogP contribution in [0.3, 0.4) is 0 Å². The van der Waals surface area contributed by atoms with E-state index in [0.717, 1.165) is 5.56 Å². The fourth-order valence-corrected chi connectivity index (χ4v) is 3.26. The first-order chi connectivity index (χ1) is 11.2. The molecule has 1 fully saturated rings. The topological polar surface area (TPSA) is 76.1 Å². The van der Waals surface area contributed by atoms with Gasteiger partial charge in [0.2, 0.25) is 5.91 Å². The summed E-state index contributed by atoms with van der Waals surface area (Å²) in [4.78, 5) is 26.0. The maximum atomic E-state index is 13.1. The number of benzene rings is 1. The first-order valence-electron chi connectivity index (χ1n) is 8.00. The minimum atomic E-state index is -0.846. The van der Waals surface area contributed by atoms with Crippen molar-refractivity contribution < 1.29 is 24.2 Å². The smallest absolute Gasteiger partial charge is 0.308 e. The Balaban J connectivity index is 2.30. The van der Waals surface area contributed by atoms with Gasteiger partial charge in [0, 0.05) is 12.6 Å². The minimum Gasteiger partial charge on any atom is -0.493 e. The summed E-state index contributed by atoms with van der Waals surface area (Å²) >= 11 is 0. The molecule has 0 bridgehead atoms. The Labute approximate surface area is 142 Å². The second-order valence-electron chi connectivity index (χ2n) is 6.67. The molecule has 1 heterocycles. The zero-order valence-electron chi connectivity index (χ0n) is 14.8. The van der Waals surface area contributed by atoms with E-state index in [9.17, 15) is 14.7 Å². The molecule has 6 heteroatoms. The van der Waals surface area contributed by atoms with E-state index in [1.54, 1.807) is 38.2 Å². The van der Waals surface area contributed by atoms with Crippen LogP contribution in [0.15, 0.2) is 18.2 Å². The summed E-state index contributed by atoms with van der Waals surface area (Å²) in [5.41, 5.74) is 0.0115. The number of carboxylic acid groups (broad SMARTS) is 1. The van der Waals surface area contributed by atoms with Crippen molar-refractivity contribution in [1.82, 2.24) is 4.90 Å². The maximum absolute atomic E-state index is 13.1. The third-order valence-electron chi connectivity index (χ3n) is 4.97. The molecule has 0 radical (unpaired) electrons. The summed E-state index contributed by atoms with van der Waals surface area (Å²) in [6.07, 6.45) is 0.490. The van der Waals surface area contributed by atoms with Gasteiger partial charge in [0.05, 0.1) is 25.6 Å². The Morgan fingerprint density at radius 1 is 1.21 bits per heavy atom. The standard InChI is InChI=1S/C18H25NO5/c1-11-13(16(20)21)8-9-19(11)17(22)18(2,3)12-6-7-14(23-4)15(10-12)24-5/h6-7,10-11,13H,8-9H2,1-5H3,(H,20,21). The van der Waals surface area contributed by atoms with Gasteiger partial charge in [-0.1, -0.05) is 6.07 Å². The molecule has 132 valence electrons. The van der Waals surface area contributed by atoms with Gasteiger partial charge < -0.3 is 19.5 Å². The highest BCUT2D eigenvalue weighted by molar-refractivity contribution is 5.89. The Hall–Kier alpha value is -2.24. The number of carbonyl (C=O) groups excluding carboxylic acids is 1. The van der Waals surface area contributed by atoms with Crippen molar-refractivity contribution in [2.75, 3.05) is 20.8 Å². The maximum Gasteiger partial charge on any atom is 0.308 e. The molecular weight excluding hydrogens is 310 g/mol. The summed E-state index contributed by atoms with van der Waals surface area (Å²) in [5.74, 6) is -0.262. The Kier molecular flexibility index (Phi) is 5.06. The number of amides is 1. The molecule has 2 unspecified atom stereocenters. The Bertz CT molecular complexity index is 640. The molecule has 0 spiro atoms. The van der Waals surface area contributed by atoms with E-state index < -0.39 is 17.3 Å². The summed E-state index contributed by atoms with van der Waals surface area (Å²) in [6.45, 7) is 5.96. The number of nitrogens with zero attached hydrogens (tertiary/aromatic N) is 1. The lowest BCUT2D eigenvalue weighted by Gasteiger charge is -2.33. The first-order valence-corrected chi connectivity index (χ1v) is 8.00. The lowest BCUT2D eigenvalue weighted by molar-refractivity contribution is -0.143. The highest BCUT2D eigenvalue weighted by Gasteiger charge is 2.43. The average Bonchev–Trinajstić information content (AvgIpc) is 2.94. The molecular formula is C18H25NO5. The molecule has 0 aromatic heterocycles. The molecule has 0 aliphatic carbocycles. The van der Waals surface area contributed by atoms with Gasteiger partial charge in [-0.2, -0.15) is 0 Å². The van der Waals surface area contributed by atoms with E-state index >= 15 is 0 Å². The molecule has 1 aliphatic heterocycles. The quantitative estimate of drug-likeness (QED) is 0.893. The molecule has 1 aliphatic rings. The minimum absolute atomic E-state index is 0.0778. The van der Waals surface area contributed by atoms with E-state index in [-0.39, 0.29) is 11.9 Å². The van der Waals surface area contributed by atoms with E-state index in [1.807, 2.05) is 19.9 Å². The van der Waals surface area contributed by atoms with Gasteiger partial charge in [0.25, 0.3) is 0 Å². The highest BCUT2D eigenvalue weighted by atomic mass is 16.5. The number of methoxy groups -OCH3 is 2. The summed E-state index contributed by atoms with van der Waals surface area (Å²) < 4.78 is 10.6. The van der Waals surface area contributed by atoms with Crippen molar-refractivity contribution in [3.8, 4) is 11.5 Å². The van der Waals surface area contributed by atoms with Crippen LogP contribution in [0.4, 0.5) is 0 Å². The number of hydrogen-bond donors (Lipinski definition) is 1. The molecule has 6 nitrogen and oxygen atoms in total. The van der Waals surface area contributed by atoms with Gasteiger partial charge in [0.15, 0.2) is 11.5 Å². The molecule has 1 N–H and O–H groups in total. The number of carbonyl (C=O) groups is 2. The second-order valence-corrected chi connectivity index (χ2v) is 6.67. The monoisotopic (exact) mass is 335 g/mol. The fraction of sp³-hybridized carbons (Fsp3) is 0.556. The van der Waals surface area contributed by atoms with Crippen LogP contribution in [-0.2, 0) is 15.0 Å². The van der Waals surface area contributed by atoms with E-state index in [0.29, 0.717) is 24.5 Å². The van der Waals surface area contributed by atoms with Crippen molar-refractivity contribution in [3.05, 3.63) is 23.8 Å². The van der Waals surface area contributed by atoms with Gasteiger partial charge in [-0.05, 0) is 44.9 Å². The normalized spacial score (nSPS) is 20.8. The molecule has 2 rings (SSSR count). The third kappa shape index (κ3) is 3.05. The number of aliphatic carboxylic acids is 1. The first kappa shape index (κ1) is 18.1. The molecule has 24 heavy (non-hydrogen) atoms. The SMILES string of the molecule is COc1ccc(C(C)(C)C(=O)N2CCC(C(=O)O)C2C)cc1OC. The molecule has 0 saturated carbocycles. The number of likely N-dealkylation sites (tertiary alicyclic amines) is 1. The van der Waals surface area contributed by atoms with Crippen LogP contribution in [0.5, 0.6) is 11.5 Å². The predicted octanol–water partition coefficient (Wildman–Crippen LogP) is 2.30. The summed E-state index contributed by atoms with van der Waals surface area (Å²) in [5, 5.41) is 9.26. The largest absolute Gasteiger partial charge is 0.493 e. The van der Waals surface area contributed by atoms with Crippen molar-refractivity contribution in [3.63, 3.8) is 0 Å². The molecule has 1 aromatic rings. The fourth-order valence-electron chi connectivity index (χ4n) is 3.26. The van der Waals surface area contributed by atoms with Crippen molar-refractivity contribution >= 4 is 11.9 Å². The lowest BCUT2D eigenvalue weighted by atomic mass is 9.82. The number of rotatable bonds is 5. The summed E-state index contributed by atoms with van der Waals surface area (Å²) in [6, 6.07) is 5.10. The van der Waals surface area contributed by atoms with Crippen molar-refractivity contribution in [2.45, 2.75) is 38.6 Å². The zero-order valence-corrected chi connectivity index (χ0v) is 14.8. The number of ether oxygens (including phenoxy) is 2. The number of carboxylic acids is 1. The van der Waals surface area contributed by atoms with Crippen LogP contribution in [-0.4, -0.2) is 48.7 Å². The third-order valence-corrected chi connectivity index (χ3v) is 4.97. The highest BCUT2D eigenvalue weighted by Crippen LogP contribution is 2.36. The Morgan fingerprint density at radius 3 is 2.33 bits per heavy atom. The van der Waals surface area contributed by atoms with Crippen LogP contribution in [0.25, 0.3) is 0 Å². The van der Waals surface area contributed by atoms with Crippen molar-refractivity contribution in [1.29, 1.82) is 0 Å². The molecule has 1 saturated heterocycles. The Morgan fingerprint density at radius 2 is 1.83 bits per heavy atom. The average molecular weight is 335 g/mol. The van der Waals surface area contributed by atoms with Gasteiger partial charge >= 0.3 is 5.97 Å². The lowest BCUT2D eigenvalue weighted by Crippen LogP contribution is -2.46. The van der Waals surface area contributed by atoms with Gasteiger partial charge in [-0.25, -0.2) is 0 Å². The molecule has 2 atom stereocenters. The van der Waals surface area contributed by atoms with E-state index in [2.05, 4.69) is 0 Å². The van der Waals surface area contributed by atoms with Gasteiger partial charge in [-0.3, -0.25) is 9.59 Å². The second kappa shape index (κ2) is 6.71. The van der Waals surface area contributed by atoms with E-state index in [4.69, 9.17) is 9.47 Å². The van der Waals surface area contributed by atoms with Crippen LogP contribution < -0.4 is 9.47 Å².